The van der Waals surface area contributed by atoms with Crippen molar-refractivity contribution >= 4 is 21.6 Å². The number of para-hydroxylation sites is 1. The van der Waals surface area contributed by atoms with Gasteiger partial charge in [-0.2, -0.15) is 0 Å². The number of sulfonamides is 1. The monoisotopic (exact) mass is 408 g/mol. The van der Waals surface area contributed by atoms with Crippen LogP contribution in [0.4, 0.5) is 10.1 Å². The van der Waals surface area contributed by atoms with E-state index < -0.39 is 21.7 Å². The number of methoxy groups -OCH3 is 1. The summed E-state index contributed by atoms with van der Waals surface area (Å²) in [5.74, 6) is -1.15. The van der Waals surface area contributed by atoms with E-state index in [1.54, 1.807) is 12.1 Å². The van der Waals surface area contributed by atoms with Crippen molar-refractivity contribution in [2.45, 2.75) is 23.8 Å². The number of carbonyl (C=O) groups excluding carboxylic acids is 1. The fourth-order valence-corrected chi connectivity index (χ4v) is 4.20. The summed E-state index contributed by atoms with van der Waals surface area (Å²) in [6.45, 7) is 1.02. The second kappa shape index (κ2) is 8.57. The molecule has 28 heavy (non-hydrogen) atoms. The molecule has 2 N–H and O–H groups in total. The summed E-state index contributed by atoms with van der Waals surface area (Å²) >= 11 is 0. The van der Waals surface area contributed by atoms with Crippen LogP contribution in [-0.2, 0) is 14.8 Å². The summed E-state index contributed by atoms with van der Waals surface area (Å²) in [5, 5.41) is 2.76. The molecule has 1 saturated heterocycles. The summed E-state index contributed by atoms with van der Waals surface area (Å²) in [7, 11) is -2.89. The zero-order valence-corrected chi connectivity index (χ0v) is 16.1. The van der Waals surface area contributed by atoms with Crippen LogP contribution in [0.3, 0.4) is 0 Å². The smallest absolute Gasteiger partial charge is 0.265 e. The molecule has 7 nitrogen and oxygen atoms in total. The minimum atomic E-state index is -4.18. The maximum Gasteiger partial charge on any atom is 0.265 e. The second-order valence-corrected chi connectivity index (χ2v) is 7.94. The molecule has 1 atom stereocenters. The minimum Gasteiger partial charge on any atom is -0.495 e. The number of nitrogens with one attached hydrogen (secondary N) is 2. The minimum absolute atomic E-state index is 0.00536. The number of benzene rings is 2. The number of rotatable bonds is 7. The molecule has 0 aromatic heterocycles. The molecule has 0 aliphatic carbocycles. The average Bonchev–Trinajstić information content (AvgIpc) is 3.20. The van der Waals surface area contributed by atoms with Crippen LogP contribution in [0.5, 0.6) is 5.75 Å². The van der Waals surface area contributed by atoms with Crippen LogP contribution in [0.15, 0.2) is 47.4 Å². The number of carbonyl (C=O) groups is 1. The molecule has 1 aliphatic heterocycles. The van der Waals surface area contributed by atoms with Gasteiger partial charge in [0.25, 0.3) is 15.9 Å². The van der Waals surface area contributed by atoms with Crippen molar-refractivity contribution in [3.8, 4) is 5.75 Å². The zero-order chi connectivity index (χ0) is 20.1. The number of anilines is 1. The summed E-state index contributed by atoms with van der Waals surface area (Å²) < 4.78 is 52.0. The van der Waals surface area contributed by atoms with E-state index in [0.29, 0.717) is 13.2 Å². The van der Waals surface area contributed by atoms with Gasteiger partial charge in [0, 0.05) is 13.2 Å². The molecule has 1 fully saturated rings. The first-order valence-electron chi connectivity index (χ1n) is 8.76. The van der Waals surface area contributed by atoms with Crippen LogP contribution in [0, 0.1) is 5.82 Å². The highest BCUT2D eigenvalue weighted by atomic mass is 32.2. The average molecular weight is 408 g/mol. The molecule has 1 unspecified atom stereocenters. The molecule has 2 aromatic carbocycles. The Morgan fingerprint density at radius 3 is 2.79 bits per heavy atom. The lowest BCUT2D eigenvalue weighted by molar-refractivity contribution is 0.0858. The van der Waals surface area contributed by atoms with Gasteiger partial charge < -0.3 is 14.8 Å². The van der Waals surface area contributed by atoms with E-state index in [4.69, 9.17) is 9.47 Å². The van der Waals surface area contributed by atoms with E-state index in [-0.39, 0.29) is 28.0 Å². The maximum atomic E-state index is 13.6. The Hall–Kier alpha value is -2.65. The van der Waals surface area contributed by atoms with Gasteiger partial charge in [-0.15, -0.1) is 0 Å². The molecule has 0 radical (unpaired) electrons. The molecule has 1 amide bonds. The third-order valence-electron chi connectivity index (χ3n) is 4.35. The lowest BCUT2D eigenvalue weighted by atomic mass is 10.1. The number of ether oxygens (including phenoxy) is 2. The van der Waals surface area contributed by atoms with Crippen LogP contribution in [-0.4, -0.2) is 40.7 Å². The normalized spacial score (nSPS) is 16.6. The summed E-state index contributed by atoms with van der Waals surface area (Å²) in [4.78, 5) is 12.2. The number of halogens is 1. The van der Waals surface area contributed by atoms with Crippen LogP contribution in [0.1, 0.15) is 23.2 Å². The second-order valence-electron chi connectivity index (χ2n) is 6.29. The van der Waals surface area contributed by atoms with Crippen LogP contribution in [0.25, 0.3) is 0 Å². The topological polar surface area (TPSA) is 93.7 Å². The SMILES string of the molecule is COc1ccc(F)cc1S(=O)(=O)Nc1ccccc1C(=O)NCC1CCCO1. The van der Waals surface area contributed by atoms with Gasteiger partial charge in [-0.05, 0) is 43.2 Å². The van der Waals surface area contributed by atoms with Gasteiger partial charge in [-0.3, -0.25) is 9.52 Å². The highest BCUT2D eigenvalue weighted by molar-refractivity contribution is 7.92. The van der Waals surface area contributed by atoms with E-state index in [2.05, 4.69) is 10.0 Å². The van der Waals surface area contributed by atoms with E-state index >= 15 is 0 Å². The Bertz CT molecular complexity index is 959. The molecule has 1 aliphatic rings. The molecule has 1 heterocycles. The largest absolute Gasteiger partial charge is 0.495 e. The lowest BCUT2D eigenvalue weighted by Crippen LogP contribution is -2.32. The standard InChI is InChI=1S/C19H21FN2O5S/c1-26-17-9-8-13(20)11-18(17)28(24,25)22-16-7-3-2-6-15(16)19(23)21-12-14-5-4-10-27-14/h2-3,6-9,11,14,22H,4-5,10,12H2,1H3,(H,21,23). The van der Waals surface area contributed by atoms with Gasteiger partial charge >= 0.3 is 0 Å². The van der Waals surface area contributed by atoms with Crippen LogP contribution >= 0.6 is 0 Å². The Morgan fingerprint density at radius 2 is 2.07 bits per heavy atom. The van der Waals surface area contributed by atoms with Gasteiger partial charge in [0.1, 0.15) is 16.5 Å². The molecule has 9 heteroatoms. The first kappa shape index (κ1) is 20.1. The van der Waals surface area contributed by atoms with Gasteiger partial charge in [0.15, 0.2) is 0 Å². The Kier molecular flexibility index (Phi) is 6.15. The molecule has 3 rings (SSSR count). The van der Waals surface area contributed by atoms with Crippen molar-refractivity contribution in [3.63, 3.8) is 0 Å². The van der Waals surface area contributed by atoms with Gasteiger partial charge in [-0.1, -0.05) is 12.1 Å². The third kappa shape index (κ3) is 4.60. The van der Waals surface area contributed by atoms with Crippen molar-refractivity contribution in [3.05, 3.63) is 53.8 Å². The highest BCUT2D eigenvalue weighted by Gasteiger charge is 2.23. The summed E-state index contributed by atoms with van der Waals surface area (Å²) in [6.07, 6.45) is 1.78. The molecule has 2 aromatic rings. The van der Waals surface area contributed by atoms with Crippen molar-refractivity contribution < 1.29 is 27.1 Å². The molecule has 0 spiro atoms. The van der Waals surface area contributed by atoms with Gasteiger partial charge in [-0.25, -0.2) is 12.8 Å². The van der Waals surface area contributed by atoms with E-state index in [9.17, 15) is 17.6 Å². The van der Waals surface area contributed by atoms with E-state index in [1.807, 2.05) is 0 Å². The fraction of sp³-hybridized carbons (Fsp3) is 0.316. The molecular weight excluding hydrogens is 387 g/mol. The Labute approximate surface area is 162 Å². The summed E-state index contributed by atoms with van der Waals surface area (Å²) in [6, 6.07) is 9.38. The Balaban J connectivity index is 1.82. The van der Waals surface area contributed by atoms with Crippen LogP contribution in [0.2, 0.25) is 0 Å². The molecule has 0 bridgehead atoms. The summed E-state index contributed by atoms with van der Waals surface area (Å²) in [5.41, 5.74) is 0.234. The maximum absolute atomic E-state index is 13.6. The van der Waals surface area contributed by atoms with Crippen molar-refractivity contribution in [2.75, 3.05) is 25.0 Å². The van der Waals surface area contributed by atoms with Crippen LogP contribution < -0.4 is 14.8 Å². The van der Waals surface area contributed by atoms with Crippen molar-refractivity contribution in [2.24, 2.45) is 0 Å². The molecule has 150 valence electrons. The number of hydrogen-bond acceptors (Lipinski definition) is 5. The molecular formula is C19H21FN2O5S. The number of hydrogen-bond donors (Lipinski definition) is 2. The van der Waals surface area contributed by atoms with Crippen molar-refractivity contribution in [1.29, 1.82) is 0 Å². The fourth-order valence-electron chi connectivity index (χ4n) is 2.94. The lowest BCUT2D eigenvalue weighted by Gasteiger charge is -2.15. The predicted octanol–water partition coefficient (Wildman–Crippen LogP) is 2.54. The van der Waals surface area contributed by atoms with E-state index in [0.717, 1.165) is 25.0 Å². The number of amides is 1. The Morgan fingerprint density at radius 1 is 1.29 bits per heavy atom. The molecule has 0 saturated carbocycles. The zero-order valence-electron chi connectivity index (χ0n) is 15.3. The van der Waals surface area contributed by atoms with E-state index in [1.165, 1.54) is 25.3 Å². The third-order valence-corrected chi connectivity index (χ3v) is 5.73. The highest BCUT2D eigenvalue weighted by Crippen LogP contribution is 2.27. The predicted molar refractivity (Wildman–Crippen MR) is 102 cm³/mol. The van der Waals surface area contributed by atoms with Crippen molar-refractivity contribution in [1.82, 2.24) is 5.32 Å². The quantitative estimate of drug-likeness (QED) is 0.734. The van der Waals surface area contributed by atoms with Gasteiger partial charge in [0.05, 0.1) is 24.5 Å². The first-order chi connectivity index (χ1) is 13.4. The first-order valence-corrected chi connectivity index (χ1v) is 10.2. The van der Waals surface area contributed by atoms with Gasteiger partial charge in [0.2, 0.25) is 0 Å².